The molecule has 0 aliphatic heterocycles. The van der Waals surface area contributed by atoms with Gasteiger partial charge in [-0.15, -0.1) is 0 Å². The van der Waals surface area contributed by atoms with E-state index in [-0.39, 0.29) is 12.5 Å². The number of halogens is 1. The number of aromatic nitrogens is 2. The Hall–Kier alpha value is -1.66. The minimum absolute atomic E-state index is 0.115. The molecule has 0 saturated heterocycles. The van der Waals surface area contributed by atoms with E-state index in [9.17, 15) is 9.90 Å². The molecular formula is C14H16BrN3O2. The Labute approximate surface area is 125 Å². The molecule has 6 heteroatoms. The maximum Gasteiger partial charge on any atom is 0.251 e. The lowest BCUT2D eigenvalue weighted by molar-refractivity contribution is 0.0526. The van der Waals surface area contributed by atoms with Gasteiger partial charge in [-0.05, 0) is 25.1 Å². The first-order valence-corrected chi connectivity index (χ1v) is 6.93. The first-order valence-electron chi connectivity index (χ1n) is 6.14. The van der Waals surface area contributed by atoms with Crippen LogP contribution in [0.25, 0.3) is 0 Å². The average molecular weight is 338 g/mol. The Bertz CT molecular complexity index is 622. The zero-order chi connectivity index (χ0) is 14.8. The minimum atomic E-state index is -1.16. The van der Waals surface area contributed by atoms with Crippen molar-refractivity contribution in [3.8, 4) is 0 Å². The number of carbonyl (C=O) groups excluding carboxylic acids is 1. The van der Waals surface area contributed by atoms with Crippen molar-refractivity contribution in [2.75, 3.05) is 6.54 Å². The Morgan fingerprint density at radius 2 is 2.30 bits per heavy atom. The molecule has 1 atom stereocenters. The highest BCUT2D eigenvalue weighted by molar-refractivity contribution is 9.10. The van der Waals surface area contributed by atoms with E-state index in [0.29, 0.717) is 11.1 Å². The summed E-state index contributed by atoms with van der Waals surface area (Å²) < 4.78 is 2.45. The van der Waals surface area contributed by atoms with E-state index >= 15 is 0 Å². The summed E-state index contributed by atoms with van der Waals surface area (Å²) in [5, 5.41) is 17.1. The number of hydrogen-bond acceptors (Lipinski definition) is 3. The Kier molecular flexibility index (Phi) is 4.25. The van der Waals surface area contributed by atoms with Gasteiger partial charge in [0.1, 0.15) is 5.60 Å². The molecule has 2 aromatic rings. The van der Waals surface area contributed by atoms with Crippen molar-refractivity contribution in [1.29, 1.82) is 0 Å². The van der Waals surface area contributed by atoms with Crippen LogP contribution in [0.2, 0.25) is 0 Å². The van der Waals surface area contributed by atoms with Crippen LogP contribution in [0.15, 0.2) is 41.1 Å². The fourth-order valence-corrected chi connectivity index (χ4v) is 2.18. The van der Waals surface area contributed by atoms with Crippen LogP contribution in [0.5, 0.6) is 0 Å². The first kappa shape index (κ1) is 14.7. The molecule has 1 unspecified atom stereocenters. The lowest BCUT2D eigenvalue weighted by Gasteiger charge is -2.22. The molecule has 0 aliphatic carbocycles. The average Bonchev–Trinajstić information content (AvgIpc) is 2.83. The number of carbonyl (C=O) groups is 1. The molecule has 0 saturated carbocycles. The fourth-order valence-electron chi connectivity index (χ4n) is 1.79. The number of hydrogen-bond donors (Lipinski definition) is 2. The van der Waals surface area contributed by atoms with Gasteiger partial charge in [-0.2, -0.15) is 5.10 Å². The quantitative estimate of drug-likeness (QED) is 0.894. The third kappa shape index (κ3) is 3.46. The lowest BCUT2D eigenvalue weighted by Crippen LogP contribution is -2.38. The summed E-state index contributed by atoms with van der Waals surface area (Å²) in [4.78, 5) is 12.0. The maximum absolute atomic E-state index is 12.0. The highest BCUT2D eigenvalue weighted by Crippen LogP contribution is 2.19. The molecule has 0 bridgehead atoms. The van der Waals surface area contributed by atoms with Gasteiger partial charge in [-0.25, -0.2) is 0 Å². The predicted octanol–water partition coefficient (Wildman–Crippen LogP) is 1.82. The maximum atomic E-state index is 12.0. The van der Waals surface area contributed by atoms with Gasteiger partial charge in [-0.1, -0.05) is 22.0 Å². The number of nitrogens with zero attached hydrogens (tertiary/aromatic N) is 2. The van der Waals surface area contributed by atoms with Crippen LogP contribution in [0.3, 0.4) is 0 Å². The summed E-state index contributed by atoms with van der Waals surface area (Å²) in [6.07, 6.45) is 3.32. The largest absolute Gasteiger partial charge is 0.383 e. The summed E-state index contributed by atoms with van der Waals surface area (Å²) in [5.41, 5.74) is 0.0477. The second-order valence-electron chi connectivity index (χ2n) is 4.87. The summed E-state index contributed by atoms with van der Waals surface area (Å²) >= 11 is 3.32. The molecule has 2 N–H and O–H groups in total. The standard InChI is InChI=1S/C14H16BrN3O2/c1-14(20,11-7-17-18(2)8-11)9-16-13(19)10-4-3-5-12(15)6-10/h3-8,20H,9H2,1-2H3,(H,16,19). The summed E-state index contributed by atoms with van der Waals surface area (Å²) in [7, 11) is 1.78. The first-order chi connectivity index (χ1) is 9.38. The van der Waals surface area contributed by atoms with Crippen molar-refractivity contribution in [2.45, 2.75) is 12.5 Å². The zero-order valence-electron chi connectivity index (χ0n) is 11.3. The predicted molar refractivity (Wildman–Crippen MR) is 79.3 cm³/mol. The van der Waals surface area contributed by atoms with Gasteiger partial charge < -0.3 is 10.4 Å². The second-order valence-corrected chi connectivity index (χ2v) is 5.79. The van der Waals surface area contributed by atoms with E-state index in [1.54, 1.807) is 49.2 Å². The number of amides is 1. The molecule has 106 valence electrons. The van der Waals surface area contributed by atoms with Gasteiger partial charge in [0.05, 0.1) is 12.7 Å². The Balaban J connectivity index is 2.03. The van der Waals surface area contributed by atoms with Crippen molar-refractivity contribution >= 4 is 21.8 Å². The van der Waals surface area contributed by atoms with Crippen LogP contribution in [0, 0.1) is 0 Å². The molecule has 0 fully saturated rings. The van der Waals surface area contributed by atoms with E-state index in [1.165, 1.54) is 0 Å². The van der Waals surface area contributed by atoms with E-state index in [2.05, 4.69) is 26.3 Å². The monoisotopic (exact) mass is 337 g/mol. The summed E-state index contributed by atoms with van der Waals surface area (Å²) in [5.74, 6) is -0.226. The molecule has 5 nitrogen and oxygen atoms in total. The van der Waals surface area contributed by atoms with Gasteiger partial charge in [-0.3, -0.25) is 9.48 Å². The summed E-state index contributed by atoms with van der Waals surface area (Å²) in [6, 6.07) is 7.09. The van der Waals surface area contributed by atoms with Crippen molar-refractivity contribution in [3.63, 3.8) is 0 Å². The van der Waals surface area contributed by atoms with E-state index in [4.69, 9.17) is 0 Å². The van der Waals surface area contributed by atoms with E-state index in [0.717, 1.165) is 4.47 Å². The van der Waals surface area contributed by atoms with Crippen LogP contribution >= 0.6 is 15.9 Å². The third-order valence-electron chi connectivity index (χ3n) is 3.01. The SMILES string of the molecule is Cn1cc(C(C)(O)CNC(=O)c2cccc(Br)c2)cn1. The molecule has 1 aromatic carbocycles. The fraction of sp³-hybridized carbons (Fsp3) is 0.286. The molecule has 2 rings (SSSR count). The molecule has 0 aliphatic rings. The van der Waals surface area contributed by atoms with Crippen LogP contribution in [-0.2, 0) is 12.6 Å². The number of nitrogens with one attached hydrogen (secondary N) is 1. The van der Waals surface area contributed by atoms with Gasteiger partial charge in [0, 0.05) is 28.8 Å². The van der Waals surface area contributed by atoms with Crippen LogP contribution < -0.4 is 5.32 Å². The van der Waals surface area contributed by atoms with Gasteiger partial charge in [0.2, 0.25) is 0 Å². The molecule has 0 radical (unpaired) electrons. The second kappa shape index (κ2) is 5.76. The number of aliphatic hydroxyl groups is 1. The number of benzene rings is 1. The van der Waals surface area contributed by atoms with Gasteiger partial charge in [0.25, 0.3) is 5.91 Å². The van der Waals surface area contributed by atoms with Crippen molar-refractivity contribution in [2.24, 2.45) is 7.05 Å². The molecule has 20 heavy (non-hydrogen) atoms. The smallest absolute Gasteiger partial charge is 0.251 e. The highest BCUT2D eigenvalue weighted by atomic mass is 79.9. The van der Waals surface area contributed by atoms with Gasteiger partial charge in [0.15, 0.2) is 0 Å². The summed E-state index contributed by atoms with van der Waals surface area (Å²) in [6.45, 7) is 1.76. The Morgan fingerprint density at radius 3 is 2.90 bits per heavy atom. The van der Waals surface area contributed by atoms with Crippen molar-refractivity contribution in [1.82, 2.24) is 15.1 Å². The topological polar surface area (TPSA) is 67.2 Å². The molecule has 1 amide bonds. The molecule has 0 spiro atoms. The van der Waals surface area contributed by atoms with Crippen molar-refractivity contribution in [3.05, 3.63) is 52.3 Å². The van der Waals surface area contributed by atoms with Crippen molar-refractivity contribution < 1.29 is 9.90 Å². The highest BCUT2D eigenvalue weighted by Gasteiger charge is 2.25. The van der Waals surface area contributed by atoms with Crippen LogP contribution in [0.4, 0.5) is 0 Å². The lowest BCUT2D eigenvalue weighted by atomic mass is 9.99. The van der Waals surface area contributed by atoms with Crippen LogP contribution in [0.1, 0.15) is 22.8 Å². The van der Waals surface area contributed by atoms with E-state index in [1.807, 2.05) is 6.07 Å². The number of rotatable bonds is 4. The molecular weight excluding hydrogens is 322 g/mol. The van der Waals surface area contributed by atoms with Gasteiger partial charge >= 0.3 is 0 Å². The normalized spacial score (nSPS) is 13.8. The zero-order valence-corrected chi connectivity index (χ0v) is 12.9. The minimum Gasteiger partial charge on any atom is -0.383 e. The molecule has 1 aromatic heterocycles. The Morgan fingerprint density at radius 1 is 1.55 bits per heavy atom. The number of aryl methyl sites for hydroxylation is 1. The third-order valence-corrected chi connectivity index (χ3v) is 3.50. The van der Waals surface area contributed by atoms with Crippen LogP contribution in [-0.4, -0.2) is 27.3 Å². The molecule has 1 heterocycles. The van der Waals surface area contributed by atoms with E-state index < -0.39 is 5.60 Å².